The lowest BCUT2D eigenvalue weighted by Crippen LogP contribution is -2.17. The number of esters is 1. The molecule has 166 valence electrons. The summed E-state index contributed by atoms with van der Waals surface area (Å²) in [5.41, 5.74) is 4.61. The standard InChI is InChI=1S/C25H31BrN2O3/c1-3-4-5-6-7-8-9-13-24(29)28-27-18-21-17-22(26)14-15-23(21)31-25(30)20-12-10-11-19(2)16-20/h10-12,14-18H,3-9,13H2,1-2H3,(H,28,29). The number of benzene rings is 2. The van der Waals surface area contributed by atoms with Gasteiger partial charge in [-0.05, 0) is 43.7 Å². The lowest BCUT2D eigenvalue weighted by molar-refractivity contribution is -0.121. The van der Waals surface area contributed by atoms with E-state index in [0.717, 1.165) is 22.9 Å². The fourth-order valence-corrected chi connectivity index (χ4v) is 3.50. The number of aryl methyl sites for hydroxylation is 1. The summed E-state index contributed by atoms with van der Waals surface area (Å²) >= 11 is 3.41. The molecule has 0 fully saturated rings. The number of nitrogens with one attached hydrogen (secondary N) is 1. The zero-order chi connectivity index (χ0) is 22.5. The quantitative estimate of drug-likeness (QED) is 0.121. The monoisotopic (exact) mass is 486 g/mol. The van der Waals surface area contributed by atoms with E-state index in [1.807, 2.05) is 19.1 Å². The lowest BCUT2D eigenvalue weighted by Gasteiger charge is -2.08. The molecule has 0 spiro atoms. The third-order valence-electron chi connectivity index (χ3n) is 4.83. The van der Waals surface area contributed by atoms with E-state index in [1.165, 1.54) is 38.3 Å². The van der Waals surface area contributed by atoms with Crippen LogP contribution in [0, 0.1) is 6.92 Å². The maximum Gasteiger partial charge on any atom is 0.343 e. The van der Waals surface area contributed by atoms with Gasteiger partial charge in [0.05, 0.1) is 11.8 Å². The molecule has 0 saturated heterocycles. The molecule has 2 rings (SSSR count). The minimum atomic E-state index is -0.441. The van der Waals surface area contributed by atoms with E-state index in [9.17, 15) is 9.59 Å². The number of carbonyl (C=O) groups excluding carboxylic acids is 2. The number of hydrazone groups is 1. The highest BCUT2D eigenvalue weighted by molar-refractivity contribution is 9.10. The first-order valence-corrected chi connectivity index (χ1v) is 11.7. The molecule has 31 heavy (non-hydrogen) atoms. The molecule has 0 unspecified atom stereocenters. The zero-order valence-electron chi connectivity index (χ0n) is 18.3. The third-order valence-corrected chi connectivity index (χ3v) is 5.32. The number of carbonyl (C=O) groups is 2. The maximum absolute atomic E-state index is 12.5. The Balaban J connectivity index is 1.86. The molecule has 1 amide bonds. The number of hydrogen-bond acceptors (Lipinski definition) is 4. The minimum absolute atomic E-state index is 0.113. The fraction of sp³-hybridized carbons (Fsp3) is 0.400. The molecule has 0 aliphatic rings. The summed E-state index contributed by atoms with van der Waals surface area (Å²) in [5.74, 6) is -0.179. The maximum atomic E-state index is 12.5. The molecule has 5 nitrogen and oxygen atoms in total. The Morgan fingerprint density at radius 3 is 2.52 bits per heavy atom. The summed E-state index contributed by atoms with van der Waals surface area (Å²) in [4.78, 5) is 24.5. The second kappa shape index (κ2) is 13.8. The summed E-state index contributed by atoms with van der Waals surface area (Å²) in [6.07, 6.45) is 10.1. The van der Waals surface area contributed by atoms with Gasteiger partial charge in [0.2, 0.25) is 5.91 Å². The van der Waals surface area contributed by atoms with Gasteiger partial charge in [-0.3, -0.25) is 4.79 Å². The van der Waals surface area contributed by atoms with Gasteiger partial charge in [0.25, 0.3) is 0 Å². The van der Waals surface area contributed by atoms with Crippen LogP contribution in [0.5, 0.6) is 5.75 Å². The number of amides is 1. The Bertz CT molecular complexity index is 896. The Labute approximate surface area is 193 Å². The van der Waals surface area contributed by atoms with Crippen LogP contribution in [0.2, 0.25) is 0 Å². The van der Waals surface area contributed by atoms with Crippen LogP contribution in [0.1, 0.15) is 79.8 Å². The van der Waals surface area contributed by atoms with Crippen LogP contribution >= 0.6 is 15.9 Å². The summed E-state index contributed by atoms with van der Waals surface area (Å²) < 4.78 is 6.37. The number of ether oxygens (including phenoxy) is 1. The molecule has 1 N–H and O–H groups in total. The van der Waals surface area contributed by atoms with E-state index in [2.05, 4.69) is 33.4 Å². The topological polar surface area (TPSA) is 67.8 Å². The normalized spacial score (nSPS) is 10.9. The van der Waals surface area contributed by atoms with Gasteiger partial charge in [-0.15, -0.1) is 0 Å². The van der Waals surface area contributed by atoms with E-state index < -0.39 is 5.97 Å². The highest BCUT2D eigenvalue weighted by Crippen LogP contribution is 2.23. The van der Waals surface area contributed by atoms with Crippen LogP contribution < -0.4 is 10.2 Å². The van der Waals surface area contributed by atoms with E-state index in [4.69, 9.17) is 4.74 Å². The van der Waals surface area contributed by atoms with Gasteiger partial charge in [0.1, 0.15) is 5.75 Å². The van der Waals surface area contributed by atoms with Gasteiger partial charge in [0.15, 0.2) is 0 Å². The molecule has 0 atom stereocenters. The van der Waals surface area contributed by atoms with Crippen LogP contribution in [0.4, 0.5) is 0 Å². The van der Waals surface area contributed by atoms with Crippen molar-refractivity contribution in [3.05, 3.63) is 63.6 Å². The van der Waals surface area contributed by atoms with Gasteiger partial charge < -0.3 is 4.74 Å². The highest BCUT2D eigenvalue weighted by atomic mass is 79.9. The molecule has 0 aliphatic carbocycles. The van der Waals surface area contributed by atoms with Gasteiger partial charge in [-0.1, -0.05) is 79.1 Å². The van der Waals surface area contributed by atoms with Crippen LogP contribution in [-0.4, -0.2) is 18.1 Å². The van der Waals surface area contributed by atoms with E-state index >= 15 is 0 Å². The number of nitrogens with zero attached hydrogens (tertiary/aromatic N) is 1. The Kier molecular flexibility index (Phi) is 11.0. The molecule has 6 heteroatoms. The predicted octanol–water partition coefficient (Wildman–Crippen LogP) is 6.57. The average Bonchev–Trinajstić information content (AvgIpc) is 2.75. The molecule has 0 heterocycles. The van der Waals surface area contributed by atoms with Crippen LogP contribution in [0.15, 0.2) is 52.0 Å². The van der Waals surface area contributed by atoms with Crippen molar-refractivity contribution >= 4 is 34.0 Å². The molecule has 2 aromatic rings. The van der Waals surface area contributed by atoms with Crippen molar-refractivity contribution in [2.75, 3.05) is 0 Å². The van der Waals surface area contributed by atoms with Crippen molar-refractivity contribution in [3.8, 4) is 5.75 Å². The van der Waals surface area contributed by atoms with Crippen molar-refractivity contribution in [1.82, 2.24) is 5.43 Å². The number of halogens is 1. The first kappa shape index (κ1) is 24.8. The molecule has 2 aromatic carbocycles. The van der Waals surface area contributed by atoms with Crippen LogP contribution in [0.3, 0.4) is 0 Å². The van der Waals surface area contributed by atoms with E-state index in [0.29, 0.717) is 23.3 Å². The largest absolute Gasteiger partial charge is 0.422 e. The Morgan fingerprint density at radius 1 is 1.03 bits per heavy atom. The average molecular weight is 487 g/mol. The van der Waals surface area contributed by atoms with Gasteiger partial charge in [-0.25, -0.2) is 10.2 Å². The van der Waals surface area contributed by atoms with E-state index in [1.54, 1.807) is 30.3 Å². The molecule has 0 bridgehead atoms. The van der Waals surface area contributed by atoms with Crippen molar-refractivity contribution < 1.29 is 14.3 Å². The second-order valence-electron chi connectivity index (χ2n) is 7.61. The second-order valence-corrected chi connectivity index (χ2v) is 8.52. The number of rotatable bonds is 12. The lowest BCUT2D eigenvalue weighted by atomic mass is 10.1. The van der Waals surface area contributed by atoms with Crippen LogP contribution in [-0.2, 0) is 4.79 Å². The smallest absolute Gasteiger partial charge is 0.343 e. The van der Waals surface area contributed by atoms with Crippen molar-refractivity contribution in [2.24, 2.45) is 5.10 Å². The minimum Gasteiger partial charge on any atom is -0.422 e. The summed E-state index contributed by atoms with van der Waals surface area (Å²) in [5, 5.41) is 4.04. The Hall–Kier alpha value is -2.47. The molecular weight excluding hydrogens is 456 g/mol. The number of unbranched alkanes of at least 4 members (excludes halogenated alkanes) is 6. The van der Waals surface area contributed by atoms with Crippen molar-refractivity contribution in [3.63, 3.8) is 0 Å². The summed E-state index contributed by atoms with van der Waals surface area (Å²) in [6, 6.07) is 12.5. The van der Waals surface area contributed by atoms with E-state index in [-0.39, 0.29) is 5.91 Å². The zero-order valence-corrected chi connectivity index (χ0v) is 19.9. The highest BCUT2D eigenvalue weighted by Gasteiger charge is 2.12. The molecule has 0 saturated carbocycles. The first-order chi connectivity index (χ1) is 15.0. The third kappa shape index (κ3) is 9.47. The molecule has 0 aromatic heterocycles. The first-order valence-electron chi connectivity index (χ1n) is 10.9. The fourth-order valence-electron chi connectivity index (χ4n) is 3.12. The van der Waals surface area contributed by atoms with Crippen molar-refractivity contribution in [1.29, 1.82) is 0 Å². The van der Waals surface area contributed by atoms with Crippen molar-refractivity contribution in [2.45, 2.75) is 65.2 Å². The molecular formula is C25H31BrN2O3. The Morgan fingerprint density at radius 2 is 1.77 bits per heavy atom. The SMILES string of the molecule is CCCCCCCCCC(=O)NN=Cc1cc(Br)ccc1OC(=O)c1cccc(C)c1. The van der Waals surface area contributed by atoms with Gasteiger partial charge in [0, 0.05) is 16.5 Å². The predicted molar refractivity (Wildman–Crippen MR) is 129 cm³/mol. The van der Waals surface area contributed by atoms with Gasteiger partial charge >= 0.3 is 5.97 Å². The molecule has 0 aliphatic heterocycles. The van der Waals surface area contributed by atoms with Crippen LogP contribution in [0.25, 0.3) is 0 Å². The summed E-state index contributed by atoms with van der Waals surface area (Å²) in [7, 11) is 0. The summed E-state index contributed by atoms with van der Waals surface area (Å²) in [6.45, 7) is 4.12. The number of hydrogen-bond donors (Lipinski definition) is 1. The molecule has 0 radical (unpaired) electrons. The van der Waals surface area contributed by atoms with Gasteiger partial charge in [-0.2, -0.15) is 5.10 Å².